The standard InChI is InChI=1S/C13H11N3O3S/c1-16-9-11(6-7-13(16)17)15-20(18,19)12-5-3-2-4-10(12)8-14/h2-7,9,15H,1H3. The number of nitrogens with one attached hydrogen (secondary N) is 1. The van der Waals surface area contributed by atoms with Gasteiger partial charge in [0.15, 0.2) is 0 Å². The van der Waals surface area contributed by atoms with Crippen LogP contribution in [0.2, 0.25) is 0 Å². The largest absolute Gasteiger partial charge is 0.316 e. The monoisotopic (exact) mass is 289 g/mol. The van der Waals surface area contributed by atoms with E-state index in [-0.39, 0.29) is 21.7 Å². The normalized spacial score (nSPS) is 10.8. The molecule has 1 aromatic heterocycles. The zero-order valence-electron chi connectivity index (χ0n) is 10.6. The molecular formula is C13H11N3O3S. The van der Waals surface area contributed by atoms with Gasteiger partial charge >= 0.3 is 0 Å². The summed E-state index contributed by atoms with van der Waals surface area (Å²) in [5.41, 5.74) is 0.0648. The molecule has 0 saturated heterocycles. The van der Waals surface area contributed by atoms with Crippen LogP contribution in [-0.4, -0.2) is 13.0 Å². The fraction of sp³-hybridized carbons (Fsp3) is 0.0769. The lowest BCUT2D eigenvalue weighted by Gasteiger charge is -2.09. The minimum atomic E-state index is -3.87. The van der Waals surface area contributed by atoms with E-state index in [1.165, 1.54) is 48.1 Å². The SMILES string of the molecule is Cn1cc(NS(=O)(=O)c2ccccc2C#N)ccc1=O. The van der Waals surface area contributed by atoms with Crippen molar-refractivity contribution in [2.45, 2.75) is 4.90 Å². The fourth-order valence-corrected chi connectivity index (χ4v) is 2.86. The lowest BCUT2D eigenvalue weighted by Crippen LogP contribution is -2.18. The van der Waals surface area contributed by atoms with Gasteiger partial charge in [-0.1, -0.05) is 12.1 Å². The Balaban J connectivity index is 2.44. The third-order valence-corrected chi connectivity index (χ3v) is 4.07. The van der Waals surface area contributed by atoms with E-state index in [9.17, 15) is 13.2 Å². The van der Waals surface area contributed by atoms with Gasteiger partial charge in [-0.2, -0.15) is 5.26 Å². The Hall–Kier alpha value is -2.59. The molecule has 0 bridgehead atoms. The highest BCUT2D eigenvalue weighted by atomic mass is 32.2. The summed E-state index contributed by atoms with van der Waals surface area (Å²) >= 11 is 0. The Bertz CT molecular complexity index is 848. The molecule has 0 unspecified atom stereocenters. The van der Waals surface area contributed by atoms with Crippen LogP contribution >= 0.6 is 0 Å². The van der Waals surface area contributed by atoms with Crippen LogP contribution < -0.4 is 10.3 Å². The summed E-state index contributed by atoms with van der Waals surface area (Å²) in [6.07, 6.45) is 1.37. The summed E-state index contributed by atoms with van der Waals surface area (Å²) in [6.45, 7) is 0. The van der Waals surface area contributed by atoms with Gasteiger partial charge in [0.2, 0.25) is 5.56 Å². The lowest BCUT2D eigenvalue weighted by atomic mass is 10.2. The molecule has 2 rings (SSSR count). The second-order valence-electron chi connectivity index (χ2n) is 4.08. The van der Waals surface area contributed by atoms with E-state index >= 15 is 0 Å². The summed E-state index contributed by atoms with van der Waals surface area (Å²) in [5, 5.41) is 8.94. The van der Waals surface area contributed by atoms with Crippen molar-refractivity contribution in [3.8, 4) is 6.07 Å². The fourth-order valence-electron chi connectivity index (χ4n) is 1.66. The number of pyridine rings is 1. The van der Waals surface area contributed by atoms with Gasteiger partial charge in [0, 0.05) is 19.3 Å². The zero-order valence-corrected chi connectivity index (χ0v) is 11.4. The number of rotatable bonds is 3. The van der Waals surface area contributed by atoms with E-state index in [2.05, 4.69) is 4.72 Å². The van der Waals surface area contributed by atoms with Gasteiger partial charge in [0.1, 0.15) is 11.0 Å². The number of benzene rings is 1. The first-order valence-electron chi connectivity index (χ1n) is 5.63. The van der Waals surface area contributed by atoms with Crippen LogP contribution in [0.4, 0.5) is 5.69 Å². The number of aromatic nitrogens is 1. The quantitative estimate of drug-likeness (QED) is 0.914. The number of aryl methyl sites for hydroxylation is 1. The third-order valence-electron chi connectivity index (χ3n) is 2.64. The minimum absolute atomic E-state index is 0.0600. The number of nitriles is 1. The van der Waals surface area contributed by atoms with Gasteiger partial charge in [0.25, 0.3) is 10.0 Å². The molecule has 1 heterocycles. The Morgan fingerprint density at radius 2 is 1.90 bits per heavy atom. The first-order chi connectivity index (χ1) is 9.44. The van der Waals surface area contributed by atoms with Gasteiger partial charge in [-0.15, -0.1) is 0 Å². The van der Waals surface area contributed by atoms with Crippen LogP contribution in [0.5, 0.6) is 0 Å². The van der Waals surface area contributed by atoms with Crippen LogP contribution in [-0.2, 0) is 17.1 Å². The molecule has 0 saturated carbocycles. The molecule has 0 aliphatic carbocycles. The van der Waals surface area contributed by atoms with Crippen molar-refractivity contribution in [3.63, 3.8) is 0 Å². The molecule has 0 spiro atoms. The Morgan fingerprint density at radius 1 is 1.20 bits per heavy atom. The highest BCUT2D eigenvalue weighted by molar-refractivity contribution is 7.92. The number of nitrogens with zero attached hydrogens (tertiary/aromatic N) is 2. The lowest BCUT2D eigenvalue weighted by molar-refractivity contribution is 0.601. The molecule has 0 radical (unpaired) electrons. The molecule has 0 atom stereocenters. The predicted octanol–water partition coefficient (Wildman–Crippen LogP) is 1.06. The number of sulfonamides is 1. The number of anilines is 1. The van der Waals surface area contributed by atoms with Crippen molar-refractivity contribution in [2.24, 2.45) is 7.05 Å². The summed E-state index contributed by atoms with van der Waals surface area (Å²) in [5.74, 6) is 0. The smallest absolute Gasteiger partial charge is 0.263 e. The molecule has 102 valence electrons. The second kappa shape index (κ2) is 5.19. The molecule has 0 fully saturated rings. The van der Waals surface area contributed by atoms with Crippen molar-refractivity contribution in [2.75, 3.05) is 4.72 Å². The maximum Gasteiger partial charge on any atom is 0.263 e. The van der Waals surface area contributed by atoms with E-state index in [1.807, 2.05) is 6.07 Å². The van der Waals surface area contributed by atoms with E-state index < -0.39 is 10.0 Å². The van der Waals surface area contributed by atoms with Gasteiger partial charge in [-0.25, -0.2) is 8.42 Å². The first kappa shape index (κ1) is 13.8. The van der Waals surface area contributed by atoms with Crippen LogP contribution in [0, 0.1) is 11.3 Å². The van der Waals surface area contributed by atoms with Gasteiger partial charge in [0.05, 0.1) is 11.3 Å². The summed E-state index contributed by atoms with van der Waals surface area (Å²) < 4.78 is 28.1. The third kappa shape index (κ3) is 2.70. The van der Waals surface area contributed by atoms with Crippen molar-refractivity contribution in [1.29, 1.82) is 5.26 Å². The maximum atomic E-state index is 12.2. The molecule has 0 aliphatic rings. The molecule has 6 nitrogen and oxygen atoms in total. The first-order valence-corrected chi connectivity index (χ1v) is 7.11. The molecule has 2 aromatic rings. The minimum Gasteiger partial charge on any atom is -0.316 e. The van der Waals surface area contributed by atoms with Crippen LogP contribution in [0.3, 0.4) is 0 Å². The number of hydrogen-bond donors (Lipinski definition) is 1. The average molecular weight is 289 g/mol. The summed E-state index contributed by atoms with van der Waals surface area (Å²) in [7, 11) is -2.36. The van der Waals surface area contributed by atoms with E-state index in [4.69, 9.17) is 5.26 Å². The maximum absolute atomic E-state index is 12.2. The zero-order chi connectivity index (χ0) is 14.8. The Kier molecular flexibility index (Phi) is 3.59. The topological polar surface area (TPSA) is 92.0 Å². The molecule has 0 amide bonds. The van der Waals surface area contributed by atoms with Crippen LogP contribution in [0.25, 0.3) is 0 Å². The van der Waals surface area contributed by atoms with Crippen molar-refractivity contribution in [3.05, 3.63) is 58.5 Å². The average Bonchev–Trinajstić information content (AvgIpc) is 2.42. The summed E-state index contributed by atoms with van der Waals surface area (Å²) in [6, 6.07) is 10.4. The van der Waals surface area contributed by atoms with Crippen molar-refractivity contribution < 1.29 is 8.42 Å². The highest BCUT2D eigenvalue weighted by Gasteiger charge is 2.18. The number of hydrogen-bond acceptors (Lipinski definition) is 4. The molecule has 7 heteroatoms. The van der Waals surface area contributed by atoms with Crippen LogP contribution in [0.15, 0.2) is 52.3 Å². The van der Waals surface area contributed by atoms with E-state index in [0.29, 0.717) is 0 Å². The highest BCUT2D eigenvalue weighted by Crippen LogP contribution is 2.18. The van der Waals surface area contributed by atoms with Gasteiger partial charge in [-0.05, 0) is 18.2 Å². The molecule has 1 aromatic carbocycles. The molecule has 0 aliphatic heterocycles. The van der Waals surface area contributed by atoms with Gasteiger partial charge < -0.3 is 4.57 Å². The van der Waals surface area contributed by atoms with E-state index in [1.54, 1.807) is 6.07 Å². The predicted molar refractivity (Wildman–Crippen MR) is 73.6 cm³/mol. The van der Waals surface area contributed by atoms with Crippen molar-refractivity contribution in [1.82, 2.24) is 4.57 Å². The molecule has 20 heavy (non-hydrogen) atoms. The Labute approximate surface area is 116 Å². The molecular weight excluding hydrogens is 278 g/mol. The molecule has 1 N–H and O–H groups in total. The van der Waals surface area contributed by atoms with Crippen LogP contribution in [0.1, 0.15) is 5.56 Å². The van der Waals surface area contributed by atoms with Gasteiger partial charge in [-0.3, -0.25) is 9.52 Å². The summed E-state index contributed by atoms with van der Waals surface area (Å²) in [4.78, 5) is 11.1. The van der Waals surface area contributed by atoms with E-state index in [0.717, 1.165) is 0 Å². The van der Waals surface area contributed by atoms with Crippen molar-refractivity contribution >= 4 is 15.7 Å². The second-order valence-corrected chi connectivity index (χ2v) is 5.73. The Morgan fingerprint density at radius 3 is 2.55 bits per heavy atom.